The summed E-state index contributed by atoms with van der Waals surface area (Å²) >= 11 is 0. The summed E-state index contributed by atoms with van der Waals surface area (Å²) < 4.78 is 4.88. The first-order valence-corrected chi connectivity index (χ1v) is 4.22. The maximum Gasteiger partial charge on any atom is 0.0704 e. The Morgan fingerprint density at radius 1 is 1.30 bits per heavy atom. The smallest absolute Gasteiger partial charge is 0.0704 e. The van der Waals surface area contributed by atoms with E-state index in [9.17, 15) is 0 Å². The first-order chi connectivity index (χ1) is 4.81. The van der Waals surface area contributed by atoms with Crippen molar-refractivity contribution in [2.45, 2.75) is 52.1 Å². The summed E-state index contributed by atoms with van der Waals surface area (Å²) in [5.41, 5.74) is 0. The molecule has 10 heavy (non-hydrogen) atoms. The third kappa shape index (κ3) is 6.09. The van der Waals surface area contributed by atoms with Crippen LogP contribution in [0.1, 0.15) is 46.0 Å². The Morgan fingerprint density at radius 2 is 2.00 bits per heavy atom. The highest BCUT2D eigenvalue weighted by atomic mass is 16.5. The van der Waals surface area contributed by atoms with E-state index in [1.807, 2.05) is 0 Å². The van der Waals surface area contributed by atoms with Gasteiger partial charge < -0.3 is 4.74 Å². The van der Waals surface area contributed by atoms with E-state index in [0.29, 0.717) is 6.10 Å². The molecule has 1 nitrogen and oxygen atoms in total. The predicted octanol–water partition coefficient (Wildman–Crippen LogP) is 3.15. The second-order valence-electron chi connectivity index (χ2n) is 2.83. The van der Waals surface area contributed by atoms with Gasteiger partial charge in [0.1, 0.15) is 0 Å². The summed E-state index contributed by atoms with van der Waals surface area (Å²) in [6, 6.07) is 0. The Bertz CT molecular complexity index is 61.7. The van der Waals surface area contributed by atoms with Crippen molar-refractivity contribution in [1.29, 1.82) is 0 Å². The fourth-order valence-corrected chi connectivity index (χ4v) is 0.942. The van der Waals surface area contributed by atoms with E-state index in [0.717, 1.165) is 6.42 Å². The van der Waals surface area contributed by atoms with Gasteiger partial charge >= 0.3 is 0 Å². The van der Waals surface area contributed by atoms with E-state index < -0.39 is 0 Å². The van der Waals surface area contributed by atoms with Crippen molar-refractivity contribution in [2.75, 3.05) is 0 Å². The van der Waals surface area contributed by atoms with Crippen LogP contribution in [0.15, 0.2) is 0 Å². The van der Waals surface area contributed by atoms with Crippen molar-refractivity contribution in [2.24, 2.45) is 0 Å². The second-order valence-corrected chi connectivity index (χ2v) is 2.83. The minimum absolute atomic E-state index is 0.344. The molecule has 1 unspecified atom stereocenters. The van der Waals surface area contributed by atoms with Gasteiger partial charge in [-0.05, 0) is 13.3 Å². The molecule has 0 fully saturated rings. The molecule has 0 rings (SSSR count). The molecule has 0 saturated heterocycles. The molecule has 0 N–H and O–H groups in total. The molecule has 0 aromatic heterocycles. The molecule has 61 valence electrons. The average molecular weight is 143 g/mol. The van der Waals surface area contributed by atoms with Crippen LogP contribution in [0.4, 0.5) is 0 Å². The summed E-state index contributed by atoms with van der Waals surface area (Å²) in [5, 5.41) is 0. The van der Waals surface area contributed by atoms with E-state index in [4.69, 9.17) is 4.74 Å². The van der Waals surface area contributed by atoms with Crippen molar-refractivity contribution >= 4 is 0 Å². The quantitative estimate of drug-likeness (QED) is 0.519. The minimum Gasteiger partial charge on any atom is -0.376 e. The second kappa shape index (κ2) is 7.07. The number of ether oxygens (including phenoxy) is 1. The SMILES string of the molecule is [CH2]OC(C)CCCCCC. The van der Waals surface area contributed by atoms with Crippen LogP contribution in [0.5, 0.6) is 0 Å². The number of rotatable bonds is 6. The first kappa shape index (κ1) is 9.96. The zero-order valence-corrected chi connectivity index (χ0v) is 7.23. The third-order valence-corrected chi connectivity index (χ3v) is 1.75. The van der Waals surface area contributed by atoms with Gasteiger partial charge in [-0.2, -0.15) is 0 Å². The topological polar surface area (TPSA) is 9.23 Å². The van der Waals surface area contributed by atoms with Gasteiger partial charge in [-0.1, -0.05) is 32.6 Å². The van der Waals surface area contributed by atoms with Gasteiger partial charge in [0.25, 0.3) is 0 Å². The Hall–Kier alpha value is -0.0400. The van der Waals surface area contributed by atoms with Gasteiger partial charge in [0.05, 0.1) is 13.2 Å². The number of hydrogen-bond acceptors (Lipinski definition) is 1. The Balaban J connectivity index is 2.89. The van der Waals surface area contributed by atoms with Crippen molar-refractivity contribution in [1.82, 2.24) is 0 Å². The van der Waals surface area contributed by atoms with Crippen LogP contribution < -0.4 is 0 Å². The summed E-state index contributed by atoms with van der Waals surface area (Å²) in [4.78, 5) is 0. The van der Waals surface area contributed by atoms with Crippen molar-refractivity contribution in [3.8, 4) is 0 Å². The van der Waals surface area contributed by atoms with Crippen molar-refractivity contribution in [3.63, 3.8) is 0 Å². The molecule has 0 spiro atoms. The zero-order valence-electron chi connectivity index (χ0n) is 7.23. The summed E-state index contributed by atoms with van der Waals surface area (Å²) in [6.07, 6.45) is 6.78. The third-order valence-electron chi connectivity index (χ3n) is 1.75. The van der Waals surface area contributed by atoms with Gasteiger partial charge in [-0.25, -0.2) is 0 Å². The minimum atomic E-state index is 0.344. The predicted molar refractivity (Wildman–Crippen MR) is 44.7 cm³/mol. The molecule has 0 bridgehead atoms. The molecule has 0 saturated carbocycles. The maximum atomic E-state index is 4.88. The lowest BCUT2D eigenvalue weighted by atomic mass is 10.1. The van der Waals surface area contributed by atoms with Crippen molar-refractivity contribution in [3.05, 3.63) is 7.11 Å². The zero-order chi connectivity index (χ0) is 7.82. The van der Waals surface area contributed by atoms with E-state index >= 15 is 0 Å². The van der Waals surface area contributed by atoms with Crippen LogP contribution in [0, 0.1) is 7.11 Å². The molecule has 0 heterocycles. The van der Waals surface area contributed by atoms with Gasteiger partial charge in [0.2, 0.25) is 0 Å². The molecule has 0 aliphatic heterocycles. The molecule has 1 radical (unpaired) electrons. The summed E-state index contributed by atoms with van der Waals surface area (Å²) in [5.74, 6) is 0. The molecule has 0 aromatic rings. The van der Waals surface area contributed by atoms with Crippen LogP contribution >= 0.6 is 0 Å². The van der Waals surface area contributed by atoms with Crippen LogP contribution in [0.25, 0.3) is 0 Å². The Labute approximate surface area is 64.8 Å². The fraction of sp³-hybridized carbons (Fsp3) is 0.889. The lowest BCUT2D eigenvalue weighted by molar-refractivity contribution is 0.143. The van der Waals surface area contributed by atoms with E-state index in [-0.39, 0.29) is 0 Å². The van der Waals surface area contributed by atoms with Gasteiger partial charge in [-0.15, -0.1) is 0 Å². The largest absolute Gasteiger partial charge is 0.376 e. The lowest BCUT2D eigenvalue weighted by Gasteiger charge is -2.07. The standard InChI is InChI=1S/C9H19O/c1-4-5-6-7-8-9(2)10-3/h9H,3-8H2,1-2H3. The normalized spacial score (nSPS) is 13.5. The van der Waals surface area contributed by atoms with E-state index in [2.05, 4.69) is 21.0 Å². The first-order valence-electron chi connectivity index (χ1n) is 4.22. The van der Waals surface area contributed by atoms with Crippen LogP contribution in [0.2, 0.25) is 0 Å². The monoisotopic (exact) mass is 143 g/mol. The summed E-state index contributed by atoms with van der Waals surface area (Å²) in [6.45, 7) is 4.29. The van der Waals surface area contributed by atoms with Crippen molar-refractivity contribution < 1.29 is 4.74 Å². The van der Waals surface area contributed by atoms with E-state index in [1.165, 1.54) is 25.7 Å². The highest BCUT2D eigenvalue weighted by Crippen LogP contribution is 2.06. The molecular formula is C9H19O. The molecule has 0 aromatic carbocycles. The molecular weight excluding hydrogens is 124 g/mol. The lowest BCUT2D eigenvalue weighted by Crippen LogP contribution is -2.02. The average Bonchev–Trinajstić information content (AvgIpc) is 1.98. The highest BCUT2D eigenvalue weighted by Gasteiger charge is 1.97. The molecule has 1 atom stereocenters. The van der Waals surface area contributed by atoms with Gasteiger partial charge in [0.15, 0.2) is 0 Å². The summed E-state index contributed by atoms with van der Waals surface area (Å²) in [7, 11) is 3.38. The van der Waals surface area contributed by atoms with Crippen LogP contribution in [0.3, 0.4) is 0 Å². The molecule has 0 aliphatic carbocycles. The number of hydrogen-bond donors (Lipinski definition) is 0. The van der Waals surface area contributed by atoms with E-state index in [1.54, 1.807) is 0 Å². The molecule has 0 aliphatic rings. The van der Waals surface area contributed by atoms with Crippen LogP contribution in [-0.2, 0) is 4.74 Å². The van der Waals surface area contributed by atoms with Gasteiger partial charge in [0, 0.05) is 0 Å². The maximum absolute atomic E-state index is 4.88. The van der Waals surface area contributed by atoms with Crippen LogP contribution in [-0.4, -0.2) is 6.10 Å². The highest BCUT2D eigenvalue weighted by molar-refractivity contribution is 4.50. The number of unbranched alkanes of at least 4 members (excludes halogenated alkanes) is 3. The fourth-order valence-electron chi connectivity index (χ4n) is 0.942. The molecule has 1 heteroatoms. The Morgan fingerprint density at radius 3 is 2.50 bits per heavy atom. The molecule has 0 amide bonds. The van der Waals surface area contributed by atoms with Gasteiger partial charge in [-0.3, -0.25) is 0 Å². The Kier molecular flexibility index (Phi) is 7.04.